The number of aliphatic carboxylic acids is 1. The van der Waals surface area contributed by atoms with Gasteiger partial charge in [-0.1, -0.05) is 0 Å². The molecule has 1 amide bonds. The number of pyridine rings is 1. The molecule has 1 aromatic carbocycles. The standard InChI is InChI=1S/C25H27N5O5/c1-15(2)27-19-4-3-7-26-23(19)29-8-10-30(11-9-29)24(33)20-13-17-12-16(5-6-18(17)28-20)21(31)14-22(32)25(34)35/h3-7,12-13,15,27-28H,8-11,14H2,1-2H3,(H,34,35). The molecular weight excluding hydrogens is 450 g/mol. The van der Waals surface area contributed by atoms with Crippen LogP contribution in [0.25, 0.3) is 10.9 Å². The fraction of sp³-hybridized carbons (Fsp3) is 0.320. The topological polar surface area (TPSA) is 136 Å². The Hall–Kier alpha value is -4.21. The maximum atomic E-state index is 13.1. The fourth-order valence-corrected chi connectivity index (χ4v) is 4.11. The molecule has 0 spiro atoms. The van der Waals surface area contributed by atoms with Gasteiger partial charge in [-0.3, -0.25) is 14.4 Å². The van der Waals surface area contributed by atoms with E-state index in [2.05, 4.69) is 34.0 Å². The molecule has 0 unspecified atom stereocenters. The number of nitrogens with zero attached hydrogens (tertiary/aromatic N) is 3. The molecule has 182 valence electrons. The van der Waals surface area contributed by atoms with Crippen molar-refractivity contribution < 1.29 is 24.3 Å². The summed E-state index contributed by atoms with van der Waals surface area (Å²) in [6, 6.07) is 10.6. The number of carboxylic acids is 1. The summed E-state index contributed by atoms with van der Waals surface area (Å²) in [4.78, 5) is 59.0. The molecule has 0 radical (unpaired) electrons. The molecule has 1 aliphatic heterocycles. The van der Waals surface area contributed by atoms with Crippen LogP contribution in [0.1, 0.15) is 41.1 Å². The molecule has 1 aliphatic rings. The highest BCUT2D eigenvalue weighted by Gasteiger charge is 2.25. The van der Waals surface area contributed by atoms with Crippen molar-refractivity contribution in [1.29, 1.82) is 0 Å². The van der Waals surface area contributed by atoms with Gasteiger partial charge >= 0.3 is 5.97 Å². The van der Waals surface area contributed by atoms with Gasteiger partial charge in [-0.05, 0) is 50.2 Å². The Labute approximate surface area is 201 Å². The van der Waals surface area contributed by atoms with Gasteiger partial charge in [0.15, 0.2) is 11.6 Å². The first-order valence-electron chi connectivity index (χ1n) is 11.4. The average Bonchev–Trinajstić information content (AvgIpc) is 3.27. The van der Waals surface area contributed by atoms with E-state index in [0.717, 1.165) is 11.5 Å². The Morgan fingerprint density at radius 3 is 2.51 bits per heavy atom. The maximum absolute atomic E-state index is 13.1. The van der Waals surface area contributed by atoms with Crippen molar-refractivity contribution in [3.63, 3.8) is 0 Å². The number of hydrogen-bond donors (Lipinski definition) is 3. The Balaban J connectivity index is 1.44. The molecular formula is C25H27N5O5. The second-order valence-corrected chi connectivity index (χ2v) is 8.77. The number of carbonyl (C=O) groups is 4. The molecule has 3 heterocycles. The minimum absolute atomic E-state index is 0.142. The van der Waals surface area contributed by atoms with Gasteiger partial charge in [0.05, 0.1) is 12.1 Å². The van der Waals surface area contributed by atoms with E-state index in [0.29, 0.717) is 42.8 Å². The second kappa shape index (κ2) is 9.96. The van der Waals surface area contributed by atoms with Crippen LogP contribution in [0.2, 0.25) is 0 Å². The third-order valence-electron chi connectivity index (χ3n) is 5.83. The van der Waals surface area contributed by atoms with Crippen LogP contribution in [0.3, 0.4) is 0 Å². The summed E-state index contributed by atoms with van der Waals surface area (Å²) in [5.41, 5.74) is 2.26. The molecule has 0 bridgehead atoms. The lowest BCUT2D eigenvalue weighted by atomic mass is 10.0. The number of hydrogen-bond acceptors (Lipinski definition) is 7. The highest BCUT2D eigenvalue weighted by atomic mass is 16.4. The van der Waals surface area contributed by atoms with E-state index < -0.39 is 24.0 Å². The smallest absolute Gasteiger partial charge is 0.372 e. The number of ketones is 2. The van der Waals surface area contributed by atoms with Crippen LogP contribution < -0.4 is 10.2 Å². The summed E-state index contributed by atoms with van der Waals surface area (Å²) in [5.74, 6) is -2.64. The van der Waals surface area contributed by atoms with Crippen molar-refractivity contribution >= 4 is 45.9 Å². The highest BCUT2D eigenvalue weighted by molar-refractivity contribution is 6.37. The predicted molar refractivity (Wildman–Crippen MR) is 131 cm³/mol. The minimum Gasteiger partial charge on any atom is -0.475 e. The van der Waals surface area contributed by atoms with Crippen LogP contribution in [0.15, 0.2) is 42.6 Å². The summed E-state index contributed by atoms with van der Waals surface area (Å²) < 4.78 is 0. The number of Topliss-reactive ketones (excluding diaryl/α,β-unsaturated/α-hetero) is 2. The highest BCUT2D eigenvalue weighted by Crippen LogP contribution is 2.25. The van der Waals surface area contributed by atoms with Crippen LogP contribution in [-0.2, 0) is 9.59 Å². The van der Waals surface area contributed by atoms with Crippen molar-refractivity contribution in [2.75, 3.05) is 36.4 Å². The Bertz CT molecular complexity index is 1290. The number of carboxylic acid groups (broad SMARTS) is 1. The van der Waals surface area contributed by atoms with Gasteiger partial charge in [0.25, 0.3) is 5.91 Å². The van der Waals surface area contributed by atoms with E-state index in [4.69, 9.17) is 5.11 Å². The van der Waals surface area contributed by atoms with Crippen molar-refractivity contribution in [2.24, 2.45) is 0 Å². The first-order valence-corrected chi connectivity index (χ1v) is 11.4. The number of fused-ring (bicyclic) bond motifs is 1. The number of benzene rings is 1. The zero-order valence-electron chi connectivity index (χ0n) is 19.6. The lowest BCUT2D eigenvalue weighted by molar-refractivity contribution is -0.148. The normalized spacial score (nSPS) is 13.8. The number of H-pyrrole nitrogens is 1. The summed E-state index contributed by atoms with van der Waals surface area (Å²) in [6.07, 6.45) is 1.06. The van der Waals surface area contributed by atoms with Crippen LogP contribution in [0, 0.1) is 0 Å². The largest absolute Gasteiger partial charge is 0.475 e. The SMILES string of the molecule is CC(C)Nc1cccnc1N1CCN(C(=O)c2cc3cc(C(=O)CC(=O)C(=O)O)ccc3[nH]2)CC1. The van der Waals surface area contributed by atoms with Gasteiger partial charge in [0.1, 0.15) is 5.69 Å². The van der Waals surface area contributed by atoms with Crippen molar-refractivity contribution in [2.45, 2.75) is 26.3 Å². The van der Waals surface area contributed by atoms with Gasteiger partial charge in [0.2, 0.25) is 5.78 Å². The number of aromatic amines is 1. The Morgan fingerprint density at radius 1 is 1.09 bits per heavy atom. The van der Waals surface area contributed by atoms with Crippen LogP contribution in [-0.4, -0.2) is 75.6 Å². The van der Waals surface area contributed by atoms with Gasteiger partial charge in [-0.25, -0.2) is 9.78 Å². The number of carbonyl (C=O) groups excluding carboxylic acids is 3. The molecule has 0 saturated carbocycles. The van der Waals surface area contributed by atoms with Gasteiger partial charge in [0, 0.05) is 54.9 Å². The summed E-state index contributed by atoms with van der Waals surface area (Å²) in [5, 5.41) is 12.8. The zero-order valence-corrected chi connectivity index (χ0v) is 19.6. The van der Waals surface area contributed by atoms with E-state index in [1.807, 2.05) is 12.1 Å². The molecule has 1 saturated heterocycles. The molecule has 10 nitrogen and oxygen atoms in total. The molecule has 35 heavy (non-hydrogen) atoms. The number of piperazine rings is 1. The number of amides is 1. The molecule has 1 fully saturated rings. The molecule has 2 aromatic heterocycles. The third-order valence-corrected chi connectivity index (χ3v) is 5.83. The monoisotopic (exact) mass is 477 g/mol. The van der Waals surface area contributed by atoms with E-state index >= 15 is 0 Å². The predicted octanol–water partition coefficient (Wildman–Crippen LogP) is 2.57. The summed E-state index contributed by atoms with van der Waals surface area (Å²) >= 11 is 0. The van der Waals surface area contributed by atoms with E-state index in [-0.39, 0.29) is 17.5 Å². The molecule has 0 aliphatic carbocycles. The van der Waals surface area contributed by atoms with E-state index in [1.165, 1.54) is 6.07 Å². The number of rotatable bonds is 8. The molecule has 3 N–H and O–H groups in total. The lowest BCUT2D eigenvalue weighted by Gasteiger charge is -2.36. The quantitative estimate of drug-likeness (QED) is 0.256. The van der Waals surface area contributed by atoms with Crippen LogP contribution in [0.5, 0.6) is 0 Å². The summed E-state index contributed by atoms with van der Waals surface area (Å²) in [7, 11) is 0. The molecule has 10 heteroatoms. The minimum atomic E-state index is -1.63. The van der Waals surface area contributed by atoms with Crippen molar-refractivity contribution in [1.82, 2.24) is 14.9 Å². The third kappa shape index (κ3) is 5.32. The maximum Gasteiger partial charge on any atom is 0.372 e. The second-order valence-electron chi connectivity index (χ2n) is 8.77. The first-order chi connectivity index (χ1) is 16.7. The fourth-order valence-electron chi connectivity index (χ4n) is 4.11. The van der Waals surface area contributed by atoms with Crippen molar-refractivity contribution in [3.8, 4) is 0 Å². The molecule has 3 aromatic rings. The van der Waals surface area contributed by atoms with E-state index in [9.17, 15) is 19.2 Å². The number of nitrogens with one attached hydrogen (secondary N) is 2. The molecule has 4 rings (SSSR count). The van der Waals surface area contributed by atoms with Crippen molar-refractivity contribution in [3.05, 3.63) is 53.9 Å². The van der Waals surface area contributed by atoms with Gasteiger partial charge in [-0.2, -0.15) is 0 Å². The first kappa shape index (κ1) is 23.9. The number of anilines is 2. The number of aromatic nitrogens is 2. The zero-order chi connectivity index (χ0) is 25.1. The Morgan fingerprint density at radius 2 is 1.83 bits per heavy atom. The van der Waals surface area contributed by atoms with Crippen LogP contribution >= 0.6 is 0 Å². The van der Waals surface area contributed by atoms with Gasteiger partial charge in [-0.15, -0.1) is 0 Å². The Kier molecular flexibility index (Phi) is 6.81. The lowest BCUT2D eigenvalue weighted by Crippen LogP contribution is -2.49. The summed E-state index contributed by atoms with van der Waals surface area (Å²) in [6.45, 7) is 6.50. The van der Waals surface area contributed by atoms with Gasteiger partial charge < -0.3 is 25.2 Å². The van der Waals surface area contributed by atoms with Crippen LogP contribution in [0.4, 0.5) is 11.5 Å². The molecule has 0 atom stereocenters. The average molecular weight is 478 g/mol. The van der Waals surface area contributed by atoms with E-state index in [1.54, 1.807) is 29.3 Å².